The summed E-state index contributed by atoms with van der Waals surface area (Å²) in [7, 11) is -7.33. The molecule has 2 amide bonds. The molecule has 148 valence electrons. The van der Waals surface area contributed by atoms with Gasteiger partial charge in [-0.3, -0.25) is 19.6 Å². The molecule has 2 heterocycles. The number of carbonyl (C=O) groups is 2. The zero-order valence-corrected chi connectivity index (χ0v) is 15.1. The van der Waals surface area contributed by atoms with Crippen LogP contribution in [0.15, 0.2) is 49.0 Å². The average molecular weight is 421 g/mol. The lowest BCUT2D eigenvalue weighted by molar-refractivity contribution is 0.0972. The van der Waals surface area contributed by atoms with E-state index in [0.29, 0.717) is 0 Å². The molecule has 0 atom stereocenters. The number of nitrogens with one attached hydrogen (secondary N) is 2. The van der Waals surface area contributed by atoms with Crippen molar-refractivity contribution >= 4 is 31.9 Å². The highest BCUT2D eigenvalue weighted by Gasteiger charge is 2.10. The second kappa shape index (κ2) is 10.3. The Bertz CT molecular complexity index is 1180. The van der Waals surface area contributed by atoms with Gasteiger partial charge in [-0.15, -0.1) is 0 Å². The number of carbonyl (C=O) groups excluding carboxylic acids is 2. The molecule has 0 aliphatic carbocycles. The maximum atomic E-state index is 11.5. The van der Waals surface area contributed by atoms with Crippen molar-refractivity contribution in [3.63, 3.8) is 0 Å². The molecule has 0 radical (unpaired) electrons. The molecule has 0 aliphatic rings. The zero-order valence-electron chi connectivity index (χ0n) is 17.5. The summed E-state index contributed by atoms with van der Waals surface area (Å²) in [5.74, 6) is -1.88. The Kier molecular flexibility index (Phi) is 6.71. The Morgan fingerprint density at radius 1 is 1.00 bits per heavy atom. The molecule has 0 saturated heterocycles. The fourth-order valence-electron chi connectivity index (χ4n) is 1.28. The van der Waals surface area contributed by atoms with E-state index in [0.717, 1.165) is 12.5 Å². The van der Waals surface area contributed by atoms with Crippen molar-refractivity contribution in [2.75, 3.05) is 12.5 Å². The van der Waals surface area contributed by atoms with Crippen LogP contribution >= 0.6 is 0 Å². The van der Waals surface area contributed by atoms with E-state index in [1.54, 1.807) is 10.8 Å². The molecule has 10 nitrogen and oxygen atoms in total. The summed E-state index contributed by atoms with van der Waals surface area (Å²) in [6, 6.07) is 1.70. The normalized spacial score (nSPS) is 12.5. The number of pyridine rings is 2. The summed E-state index contributed by atoms with van der Waals surface area (Å²) in [4.78, 5) is 29.5. The topological polar surface area (TPSA) is 152 Å². The van der Waals surface area contributed by atoms with Gasteiger partial charge in [0.2, 0.25) is 20.0 Å². The Morgan fingerprint density at radius 2 is 1.56 bits per heavy atom. The van der Waals surface area contributed by atoms with Gasteiger partial charge in [0, 0.05) is 24.7 Å². The minimum atomic E-state index is -3.83. The third kappa shape index (κ3) is 10.7. The standard InChI is InChI=1S/2C7H8N2O3S.CH4/c2*1-13(11,12)9-7(10)6-3-2-4-8-5-6;/h2*2-5H,1H3,(H,9,10);1H4/i2D,3D,4D,5D;;. The van der Waals surface area contributed by atoms with E-state index in [1.165, 1.54) is 18.5 Å². The van der Waals surface area contributed by atoms with Gasteiger partial charge in [0.05, 0.1) is 29.1 Å². The van der Waals surface area contributed by atoms with E-state index < -0.39 is 61.9 Å². The number of nitrogens with zero attached hydrogens (tertiary/aromatic N) is 2. The minimum Gasteiger partial charge on any atom is -0.268 e. The molecule has 12 heteroatoms. The molecule has 0 aliphatic heterocycles. The average Bonchev–Trinajstić information content (AvgIpc) is 2.58. The molecule has 0 unspecified atom stereocenters. The summed E-state index contributed by atoms with van der Waals surface area (Å²) in [5.41, 5.74) is -0.427. The number of amides is 2. The molecule has 2 aromatic rings. The number of rotatable bonds is 4. The summed E-state index contributed by atoms with van der Waals surface area (Å²) in [6.45, 7) is 0. The fourth-order valence-corrected chi connectivity index (χ4v) is 2.17. The Hall–Kier alpha value is -2.86. The predicted molar refractivity (Wildman–Crippen MR) is 99.8 cm³/mol. The third-order valence-electron chi connectivity index (χ3n) is 2.17. The minimum absolute atomic E-state index is 0. The maximum absolute atomic E-state index is 11.5. The quantitative estimate of drug-likeness (QED) is 0.710. The Morgan fingerprint density at radius 3 is 2.04 bits per heavy atom. The number of hydrogen-bond donors (Lipinski definition) is 2. The summed E-state index contributed by atoms with van der Waals surface area (Å²) < 4.78 is 75.5. The summed E-state index contributed by atoms with van der Waals surface area (Å²) >= 11 is 0. The van der Waals surface area contributed by atoms with Crippen LogP contribution in [0.5, 0.6) is 0 Å². The van der Waals surface area contributed by atoms with Gasteiger partial charge < -0.3 is 0 Å². The molecule has 2 rings (SSSR count). The molecule has 0 spiro atoms. The summed E-state index contributed by atoms with van der Waals surface area (Å²) in [5, 5.41) is 0. The number of hydrogen-bond acceptors (Lipinski definition) is 8. The first-order chi connectivity index (χ1) is 13.6. The Labute approximate surface area is 163 Å². The lowest BCUT2D eigenvalue weighted by Crippen LogP contribution is -2.29. The second-order valence-electron chi connectivity index (χ2n) is 4.61. The van der Waals surface area contributed by atoms with Crippen LogP contribution in [0, 0.1) is 0 Å². The zero-order chi connectivity index (χ0) is 23.3. The van der Waals surface area contributed by atoms with E-state index in [1.807, 2.05) is 4.72 Å². The van der Waals surface area contributed by atoms with E-state index in [-0.39, 0.29) is 13.0 Å². The molecular formula is C15H20N4O6S2. The highest BCUT2D eigenvalue weighted by Crippen LogP contribution is 1.96. The fraction of sp³-hybridized carbons (Fsp3) is 0.200. The van der Waals surface area contributed by atoms with Crippen LogP contribution in [0.2, 0.25) is 0 Å². The van der Waals surface area contributed by atoms with Crippen LogP contribution in [0.25, 0.3) is 0 Å². The lowest BCUT2D eigenvalue weighted by atomic mass is 10.3. The van der Waals surface area contributed by atoms with E-state index >= 15 is 0 Å². The maximum Gasteiger partial charge on any atom is 0.266 e. The van der Waals surface area contributed by atoms with Gasteiger partial charge in [-0.05, 0) is 24.2 Å². The second-order valence-corrected chi connectivity index (χ2v) is 8.11. The van der Waals surface area contributed by atoms with E-state index in [4.69, 9.17) is 5.48 Å². The largest absolute Gasteiger partial charge is 0.268 e. The monoisotopic (exact) mass is 420 g/mol. The molecule has 0 fully saturated rings. The van der Waals surface area contributed by atoms with Crippen molar-refractivity contribution in [2.45, 2.75) is 7.43 Å². The van der Waals surface area contributed by atoms with Gasteiger partial charge in [-0.25, -0.2) is 26.3 Å². The van der Waals surface area contributed by atoms with Crippen LogP contribution < -0.4 is 9.44 Å². The van der Waals surface area contributed by atoms with Gasteiger partial charge in [-0.1, -0.05) is 7.43 Å². The molecule has 0 aromatic carbocycles. The van der Waals surface area contributed by atoms with Gasteiger partial charge >= 0.3 is 0 Å². The van der Waals surface area contributed by atoms with Crippen molar-refractivity contribution in [1.82, 2.24) is 19.4 Å². The third-order valence-corrected chi connectivity index (χ3v) is 3.29. The number of sulfonamides is 2. The van der Waals surface area contributed by atoms with Crippen molar-refractivity contribution in [1.29, 1.82) is 0 Å². The van der Waals surface area contributed by atoms with Crippen molar-refractivity contribution in [2.24, 2.45) is 0 Å². The van der Waals surface area contributed by atoms with E-state index in [9.17, 15) is 26.4 Å². The van der Waals surface area contributed by atoms with Crippen molar-refractivity contribution in [3.8, 4) is 0 Å². The molecule has 2 aromatic heterocycles. The molecule has 2 N–H and O–H groups in total. The first kappa shape index (κ1) is 17.5. The molecule has 27 heavy (non-hydrogen) atoms. The first-order valence-corrected chi connectivity index (χ1v) is 10.3. The highest BCUT2D eigenvalue weighted by molar-refractivity contribution is 7.89. The lowest BCUT2D eigenvalue weighted by Gasteiger charge is -2.00. The molecule has 0 saturated carbocycles. The Balaban J connectivity index is 0.000000581. The number of aromatic nitrogens is 2. The highest BCUT2D eigenvalue weighted by atomic mass is 32.2. The van der Waals surface area contributed by atoms with Gasteiger partial charge in [-0.2, -0.15) is 0 Å². The smallest absolute Gasteiger partial charge is 0.266 e. The van der Waals surface area contributed by atoms with Crippen molar-refractivity contribution < 1.29 is 31.9 Å². The van der Waals surface area contributed by atoms with Crippen molar-refractivity contribution in [3.05, 3.63) is 60.1 Å². The van der Waals surface area contributed by atoms with E-state index in [2.05, 4.69) is 9.97 Å². The van der Waals surface area contributed by atoms with Crippen LogP contribution in [0.3, 0.4) is 0 Å². The molecular weight excluding hydrogens is 396 g/mol. The van der Waals surface area contributed by atoms with Crippen LogP contribution in [-0.4, -0.2) is 51.1 Å². The van der Waals surface area contributed by atoms with Gasteiger partial charge in [0.1, 0.15) is 0 Å². The molecule has 0 bridgehead atoms. The predicted octanol–water partition coefficient (Wildman–Crippen LogP) is 0.178. The van der Waals surface area contributed by atoms with Crippen LogP contribution in [0.4, 0.5) is 0 Å². The van der Waals surface area contributed by atoms with Crippen LogP contribution in [0.1, 0.15) is 33.6 Å². The van der Waals surface area contributed by atoms with Gasteiger partial charge in [0.25, 0.3) is 11.8 Å². The van der Waals surface area contributed by atoms with Crippen LogP contribution in [-0.2, 0) is 20.0 Å². The summed E-state index contributed by atoms with van der Waals surface area (Å²) in [6.07, 6.45) is 3.12. The SMILES string of the molecule is C.CS(=O)(=O)NC(=O)c1cccnc1.[2H]c1nc([2H])c(C(=O)NS(C)(=O)=O)c([2H])c1[2H]. The van der Waals surface area contributed by atoms with Gasteiger partial charge in [0.15, 0.2) is 0 Å². The first-order valence-electron chi connectivity index (χ1n) is 8.51.